The topological polar surface area (TPSA) is 0 Å². The molecule has 2 radical (unpaired) electrons. The number of hydrogen-bond donors (Lipinski definition) is 1. The zero-order valence-corrected chi connectivity index (χ0v) is 8.92. The molecule has 0 nitrogen and oxygen atoms in total. The summed E-state index contributed by atoms with van der Waals surface area (Å²) in [6, 6.07) is 0. The van der Waals surface area contributed by atoms with Crippen LogP contribution in [-0.4, -0.2) is 7.85 Å². The van der Waals surface area contributed by atoms with Gasteiger partial charge in [-0.15, -0.1) is 12.6 Å². The normalized spacial score (nSPS) is 10.4. The third-order valence-electron chi connectivity index (χ3n) is 2.64. The Morgan fingerprint density at radius 2 is 1.33 bits per heavy atom. The van der Waals surface area contributed by atoms with Gasteiger partial charge in [-0.1, -0.05) is 11.0 Å². The standard InChI is InChI=1S/C10H13BS/c1-5-6(2)9(11)8(4)10(12)7(5)3/h12H,1-4H3. The molecule has 1 rings (SSSR count). The van der Waals surface area contributed by atoms with Crippen molar-refractivity contribution in [2.45, 2.75) is 32.6 Å². The van der Waals surface area contributed by atoms with Gasteiger partial charge in [0.1, 0.15) is 7.85 Å². The molecular weight excluding hydrogens is 163 g/mol. The molecule has 0 unspecified atom stereocenters. The lowest BCUT2D eigenvalue weighted by Crippen LogP contribution is -2.15. The highest BCUT2D eigenvalue weighted by Crippen LogP contribution is 2.21. The minimum absolute atomic E-state index is 0.878. The van der Waals surface area contributed by atoms with E-state index in [1.165, 1.54) is 16.7 Å². The Hall–Kier alpha value is -0.365. The maximum atomic E-state index is 5.90. The summed E-state index contributed by atoms with van der Waals surface area (Å²) in [6.07, 6.45) is 0. The third kappa shape index (κ3) is 1.29. The van der Waals surface area contributed by atoms with E-state index in [1.807, 2.05) is 6.92 Å². The van der Waals surface area contributed by atoms with Crippen LogP contribution in [0.15, 0.2) is 4.90 Å². The van der Waals surface area contributed by atoms with Crippen LogP contribution in [0.1, 0.15) is 22.3 Å². The summed E-state index contributed by atoms with van der Waals surface area (Å²) in [7, 11) is 5.90. The van der Waals surface area contributed by atoms with Gasteiger partial charge in [0.05, 0.1) is 0 Å². The van der Waals surface area contributed by atoms with Gasteiger partial charge in [-0.2, -0.15) is 0 Å². The number of thiol groups is 1. The van der Waals surface area contributed by atoms with Gasteiger partial charge in [0.25, 0.3) is 0 Å². The van der Waals surface area contributed by atoms with E-state index in [0.29, 0.717) is 0 Å². The molecule has 0 bridgehead atoms. The van der Waals surface area contributed by atoms with Crippen LogP contribution in [0.5, 0.6) is 0 Å². The van der Waals surface area contributed by atoms with Crippen LogP contribution < -0.4 is 5.46 Å². The van der Waals surface area contributed by atoms with Crippen LogP contribution in [0.4, 0.5) is 0 Å². The zero-order valence-electron chi connectivity index (χ0n) is 8.02. The molecule has 0 saturated carbocycles. The molecule has 1 aromatic rings. The predicted octanol–water partition coefficient (Wildman–Crippen LogP) is 2.00. The molecular formula is C10H13BS. The molecule has 0 heterocycles. The summed E-state index contributed by atoms with van der Waals surface area (Å²) in [5.41, 5.74) is 5.65. The molecule has 1 aromatic carbocycles. The largest absolute Gasteiger partial charge is 0.143 e. The highest BCUT2D eigenvalue weighted by molar-refractivity contribution is 7.80. The van der Waals surface area contributed by atoms with Crippen molar-refractivity contribution in [3.8, 4) is 0 Å². The van der Waals surface area contributed by atoms with Crippen LogP contribution in [0.2, 0.25) is 0 Å². The van der Waals surface area contributed by atoms with E-state index < -0.39 is 0 Å². The SMILES string of the molecule is [B]c1c(C)c(C)c(C)c(S)c1C. The zero-order chi connectivity index (χ0) is 9.46. The quantitative estimate of drug-likeness (QED) is 0.453. The molecule has 0 aliphatic carbocycles. The lowest BCUT2D eigenvalue weighted by atomic mass is 9.83. The van der Waals surface area contributed by atoms with Gasteiger partial charge in [0, 0.05) is 4.90 Å². The summed E-state index contributed by atoms with van der Waals surface area (Å²) in [5.74, 6) is 0. The van der Waals surface area contributed by atoms with Crippen LogP contribution in [0.25, 0.3) is 0 Å². The fourth-order valence-corrected chi connectivity index (χ4v) is 1.64. The minimum atomic E-state index is 0.878. The molecule has 0 atom stereocenters. The van der Waals surface area contributed by atoms with E-state index in [-0.39, 0.29) is 0 Å². The molecule has 0 spiro atoms. The van der Waals surface area contributed by atoms with Crippen LogP contribution >= 0.6 is 12.6 Å². The lowest BCUT2D eigenvalue weighted by Gasteiger charge is -2.15. The van der Waals surface area contributed by atoms with Crippen molar-refractivity contribution in [2.24, 2.45) is 0 Å². The Bertz CT molecular complexity index is 224. The van der Waals surface area contributed by atoms with Gasteiger partial charge in [0.2, 0.25) is 0 Å². The minimum Gasteiger partial charge on any atom is -0.143 e. The average molecular weight is 176 g/mol. The second kappa shape index (κ2) is 3.17. The second-order valence-electron chi connectivity index (χ2n) is 3.26. The Morgan fingerprint density at radius 3 is 1.83 bits per heavy atom. The number of rotatable bonds is 0. The van der Waals surface area contributed by atoms with Crippen LogP contribution in [0, 0.1) is 27.7 Å². The summed E-state index contributed by atoms with van der Waals surface area (Å²) < 4.78 is 0. The van der Waals surface area contributed by atoms with Gasteiger partial charge in [-0.05, 0) is 44.4 Å². The molecule has 0 amide bonds. The molecule has 12 heavy (non-hydrogen) atoms. The monoisotopic (exact) mass is 176 g/mol. The first kappa shape index (κ1) is 9.72. The van der Waals surface area contributed by atoms with Crippen molar-refractivity contribution in [2.75, 3.05) is 0 Å². The Labute approximate surface area is 81.2 Å². The predicted molar refractivity (Wildman–Crippen MR) is 58.0 cm³/mol. The van der Waals surface area contributed by atoms with E-state index in [0.717, 1.165) is 15.9 Å². The second-order valence-corrected chi connectivity index (χ2v) is 3.71. The van der Waals surface area contributed by atoms with Gasteiger partial charge in [-0.3, -0.25) is 0 Å². The van der Waals surface area contributed by atoms with E-state index in [2.05, 4.69) is 33.4 Å². The number of hydrogen-bond acceptors (Lipinski definition) is 1. The summed E-state index contributed by atoms with van der Waals surface area (Å²) in [4.78, 5) is 1.02. The third-order valence-corrected chi connectivity index (χ3v) is 3.31. The summed E-state index contributed by atoms with van der Waals surface area (Å²) in [5, 5.41) is 0. The summed E-state index contributed by atoms with van der Waals surface area (Å²) in [6.45, 7) is 8.23. The maximum Gasteiger partial charge on any atom is 0.114 e. The summed E-state index contributed by atoms with van der Waals surface area (Å²) >= 11 is 4.42. The molecule has 0 saturated heterocycles. The van der Waals surface area contributed by atoms with E-state index in [4.69, 9.17) is 7.85 Å². The maximum absolute atomic E-state index is 5.90. The van der Waals surface area contributed by atoms with Crippen molar-refractivity contribution in [1.82, 2.24) is 0 Å². The molecule has 0 fully saturated rings. The lowest BCUT2D eigenvalue weighted by molar-refractivity contribution is 1.16. The van der Waals surface area contributed by atoms with Gasteiger partial charge in [0.15, 0.2) is 0 Å². The van der Waals surface area contributed by atoms with Crippen molar-refractivity contribution in [3.63, 3.8) is 0 Å². The van der Waals surface area contributed by atoms with Crippen LogP contribution in [0.3, 0.4) is 0 Å². The smallest absolute Gasteiger partial charge is 0.114 e. The van der Waals surface area contributed by atoms with Gasteiger partial charge < -0.3 is 0 Å². The Morgan fingerprint density at radius 1 is 0.833 bits per heavy atom. The first-order valence-electron chi connectivity index (χ1n) is 4.01. The van der Waals surface area contributed by atoms with Crippen LogP contribution in [-0.2, 0) is 0 Å². The van der Waals surface area contributed by atoms with E-state index in [9.17, 15) is 0 Å². The molecule has 0 aromatic heterocycles. The molecule has 0 N–H and O–H groups in total. The fourth-order valence-electron chi connectivity index (χ4n) is 1.35. The molecule has 62 valence electrons. The van der Waals surface area contributed by atoms with E-state index in [1.54, 1.807) is 0 Å². The fraction of sp³-hybridized carbons (Fsp3) is 0.400. The van der Waals surface area contributed by atoms with E-state index >= 15 is 0 Å². The number of benzene rings is 1. The molecule has 0 aliphatic rings. The Balaban J connectivity index is 3.60. The first-order valence-corrected chi connectivity index (χ1v) is 4.46. The van der Waals surface area contributed by atoms with Gasteiger partial charge >= 0.3 is 0 Å². The van der Waals surface area contributed by atoms with Crippen molar-refractivity contribution < 1.29 is 0 Å². The van der Waals surface area contributed by atoms with Crippen molar-refractivity contribution in [3.05, 3.63) is 22.3 Å². The highest BCUT2D eigenvalue weighted by Gasteiger charge is 2.07. The molecule has 2 heteroatoms. The Kier molecular flexibility index (Phi) is 2.57. The highest BCUT2D eigenvalue weighted by atomic mass is 32.1. The average Bonchev–Trinajstić information content (AvgIpc) is 2.08. The van der Waals surface area contributed by atoms with Crippen molar-refractivity contribution in [1.29, 1.82) is 0 Å². The van der Waals surface area contributed by atoms with Crippen molar-refractivity contribution >= 4 is 25.9 Å². The van der Waals surface area contributed by atoms with Gasteiger partial charge in [-0.25, -0.2) is 0 Å². The molecule has 0 aliphatic heterocycles. The first-order chi connectivity index (χ1) is 5.46.